The molecule has 11 heavy (non-hydrogen) atoms. The molecule has 0 aromatic heterocycles. The van der Waals surface area contributed by atoms with Crippen molar-refractivity contribution in [3.8, 4) is 0 Å². The monoisotopic (exact) mass is 181 g/mol. The minimum atomic E-state index is -3.73. The summed E-state index contributed by atoms with van der Waals surface area (Å²) in [7, 11) is -3.73. The van der Waals surface area contributed by atoms with E-state index >= 15 is 0 Å². The molecule has 0 aromatic rings. The third-order valence-corrected chi connectivity index (χ3v) is 2.05. The van der Waals surface area contributed by atoms with Crippen LogP contribution in [0.3, 0.4) is 0 Å². The van der Waals surface area contributed by atoms with Crippen LogP contribution in [0, 0.1) is 5.92 Å². The Morgan fingerprint density at radius 3 is 2.45 bits per heavy atom. The molecule has 0 saturated carbocycles. The second kappa shape index (κ2) is 4.69. The molecular formula is C6H15NO3S. The summed E-state index contributed by atoms with van der Waals surface area (Å²) in [5.74, 6) is 0.483. The Bertz CT molecular complexity index is 188. The van der Waals surface area contributed by atoms with Crippen molar-refractivity contribution in [2.24, 2.45) is 11.1 Å². The highest BCUT2D eigenvalue weighted by Crippen LogP contribution is 2.06. The third-order valence-electron chi connectivity index (χ3n) is 1.56. The van der Waals surface area contributed by atoms with Crippen molar-refractivity contribution in [1.82, 2.24) is 0 Å². The molecule has 4 nitrogen and oxygen atoms in total. The standard InChI is InChI=1S/C6H15NO3S/c1-3-6(2)4-5-10-11(7,8)9/h6H,3-5H2,1-2H3,(H2,7,8,9)/t6-/m1/s1. The minimum Gasteiger partial charge on any atom is -0.258 e. The lowest BCUT2D eigenvalue weighted by molar-refractivity contribution is 0.285. The summed E-state index contributed by atoms with van der Waals surface area (Å²) in [6.45, 7) is 4.27. The third kappa shape index (κ3) is 7.77. The lowest BCUT2D eigenvalue weighted by Gasteiger charge is -2.06. The van der Waals surface area contributed by atoms with E-state index in [-0.39, 0.29) is 6.61 Å². The summed E-state index contributed by atoms with van der Waals surface area (Å²) < 4.78 is 24.9. The van der Waals surface area contributed by atoms with E-state index in [9.17, 15) is 8.42 Å². The zero-order chi connectivity index (χ0) is 8.91. The van der Waals surface area contributed by atoms with Gasteiger partial charge in [-0.2, -0.15) is 8.42 Å². The first-order chi connectivity index (χ1) is 4.95. The molecule has 0 unspecified atom stereocenters. The summed E-state index contributed by atoms with van der Waals surface area (Å²) in [5.41, 5.74) is 0. The van der Waals surface area contributed by atoms with Gasteiger partial charge in [0.1, 0.15) is 0 Å². The number of hydrogen-bond donors (Lipinski definition) is 1. The van der Waals surface area contributed by atoms with E-state index in [0.29, 0.717) is 5.92 Å². The van der Waals surface area contributed by atoms with Crippen LogP contribution in [0.4, 0.5) is 0 Å². The SMILES string of the molecule is CC[C@@H](C)CCOS(N)(=O)=O. The molecule has 0 radical (unpaired) electrons. The quantitative estimate of drug-likeness (QED) is 0.676. The molecule has 0 aliphatic rings. The summed E-state index contributed by atoms with van der Waals surface area (Å²) >= 11 is 0. The molecule has 0 bridgehead atoms. The van der Waals surface area contributed by atoms with E-state index in [1.54, 1.807) is 0 Å². The molecular weight excluding hydrogens is 166 g/mol. The summed E-state index contributed by atoms with van der Waals surface area (Å²) in [4.78, 5) is 0. The Hall–Kier alpha value is -0.130. The number of rotatable bonds is 5. The summed E-state index contributed by atoms with van der Waals surface area (Å²) in [6, 6.07) is 0. The summed E-state index contributed by atoms with van der Waals surface area (Å²) in [5, 5.41) is 4.61. The molecule has 0 spiro atoms. The van der Waals surface area contributed by atoms with Crippen molar-refractivity contribution in [3.63, 3.8) is 0 Å². The molecule has 0 fully saturated rings. The zero-order valence-electron chi connectivity index (χ0n) is 6.91. The molecule has 0 heterocycles. The average Bonchev–Trinajstić information content (AvgIpc) is 1.85. The van der Waals surface area contributed by atoms with Crippen molar-refractivity contribution < 1.29 is 12.6 Å². The fourth-order valence-corrected chi connectivity index (χ4v) is 0.898. The maximum atomic E-state index is 10.3. The highest BCUT2D eigenvalue weighted by molar-refractivity contribution is 7.84. The van der Waals surface area contributed by atoms with Crippen LogP contribution >= 0.6 is 0 Å². The van der Waals surface area contributed by atoms with E-state index in [1.165, 1.54) is 0 Å². The van der Waals surface area contributed by atoms with Gasteiger partial charge in [0, 0.05) is 0 Å². The first kappa shape index (κ1) is 10.9. The smallest absolute Gasteiger partial charge is 0.258 e. The molecule has 0 aliphatic heterocycles. The van der Waals surface area contributed by atoms with Gasteiger partial charge in [-0.15, -0.1) is 0 Å². The molecule has 0 aliphatic carbocycles. The zero-order valence-corrected chi connectivity index (χ0v) is 7.73. The second-order valence-corrected chi connectivity index (χ2v) is 3.84. The lowest BCUT2D eigenvalue weighted by Crippen LogP contribution is -2.17. The van der Waals surface area contributed by atoms with Crippen molar-refractivity contribution in [1.29, 1.82) is 0 Å². The van der Waals surface area contributed by atoms with Crippen LogP contribution in [0.5, 0.6) is 0 Å². The van der Waals surface area contributed by atoms with Gasteiger partial charge in [0.25, 0.3) is 0 Å². The van der Waals surface area contributed by atoms with Crippen LogP contribution in [-0.4, -0.2) is 15.0 Å². The fourth-order valence-electron chi connectivity index (χ4n) is 0.570. The predicted molar refractivity (Wildman–Crippen MR) is 43.1 cm³/mol. The molecule has 2 N–H and O–H groups in total. The molecule has 0 aromatic carbocycles. The number of hydrogen-bond acceptors (Lipinski definition) is 3. The van der Waals surface area contributed by atoms with Gasteiger partial charge in [-0.25, -0.2) is 5.14 Å². The lowest BCUT2D eigenvalue weighted by atomic mass is 10.1. The van der Waals surface area contributed by atoms with Crippen LogP contribution in [0.2, 0.25) is 0 Å². The molecule has 1 atom stereocenters. The normalized spacial score (nSPS) is 14.8. The van der Waals surface area contributed by atoms with Gasteiger partial charge in [-0.05, 0) is 12.3 Å². The number of nitrogens with two attached hydrogens (primary N) is 1. The van der Waals surface area contributed by atoms with E-state index < -0.39 is 10.3 Å². The highest BCUT2D eigenvalue weighted by Gasteiger charge is 2.03. The van der Waals surface area contributed by atoms with E-state index in [1.807, 2.05) is 13.8 Å². The maximum Gasteiger partial charge on any atom is 0.333 e. The summed E-state index contributed by atoms with van der Waals surface area (Å²) in [6.07, 6.45) is 1.75. The van der Waals surface area contributed by atoms with Crippen molar-refractivity contribution >= 4 is 10.3 Å². The highest BCUT2D eigenvalue weighted by atomic mass is 32.2. The molecule has 0 amide bonds. The van der Waals surface area contributed by atoms with Gasteiger partial charge in [-0.1, -0.05) is 20.3 Å². The molecule has 0 saturated heterocycles. The van der Waals surface area contributed by atoms with Crippen LogP contribution in [-0.2, 0) is 14.5 Å². The van der Waals surface area contributed by atoms with Crippen LogP contribution in [0.25, 0.3) is 0 Å². The Morgan fingerprint density at radius 1 is 1.55 bits per heavy atom. The Kier molecular flexibility index (Phi) is 4.63. The second-order valence-electron chi connectivity index (χ2n) is 2.62. The van der Waals surface area contributed by atoms with Gasteiger partial charge in [0.15, 0.2) is 0 Å². The first-order valence-corrected chi connectivity index (χ1v) is 5.10. The van der Waals surface area contributed by atoms with Gasteiger partial charge in [-0.3, -0.25) is 4.18 Å². The van der Waals surface area contributed by atoms with Gasteiger partial charge in [0.05, 0.1) is 6.61 Å². The van der Waals surface area contributed by atoms with Crippen molar-refractivity contribution in [2.45, 2.75) is 26.7 Å². The van der Waals surface area contributed by atoms with Crippen LogP contribution in [0.15, 0.2) is 0 Å². The van der Waals surface area contributed by atoms with Gasteiger partial charge < -0.3 is 0 Å². The van der Waals surface area contributed by atoms with E-state index in [2.05, 4.69) is 9.32 Å². The van der Waals surface area contributed by atoms with Crippen LogP contribution in [0.1, 0.15) is 26.7 Å². The topological polar surface area (TPSA) is 69.4 Å². The van der Waals surface area contributed by atoms with Crippen LogP contribution < -0.4 is 5.14 Å². The van der Waals surface area contributed by atoms with E-state index in [0.717, 1.165) is 12.8 Å². The van der Waals surface area contributed by atoms with Gasteiger partial charge in [0.2, 0.25) is 0 Å². The maximum absolute atomic E-state index is 10.3. The Balaban J connectivity index is 3.43. The minimum absolute atomic E-state index is 0.188. The molecule has 5 heteroatoms. The Labute approximate surface area is 68.0 Å². The predicted octanol–water partition coefficient (Wildman–Crippen LogP) is 0.643. The largest absolute Gasteiger partial charge is 0.333 e. The van der Waals surface area contributed by atoms with Gasteiger partial charge >= 0.3 is 10.3 Å². The molecule has 68 valence electrons. The Morgan fingerprint density at radius 2 is 2.09 bits per heavy atom. The average molecular weight is 181 g/mol. The van der Waals surface area contributed by atoms with Crippen molar-refractivity contribution in [2.75, 3.05) is 6.61 Å². The van der Waals surface area contributed by atoms with Crippen molar-refractivity contribution in [3.05, 3.63) is 0 Å². The van der Waals surface area contributed by atoms with E-state index in [4.69, 9.17) is 0 Å². The first-order valence-electron chi connectivity index (χ1n) is 3.63. The molecule has 0 rings (SSSR count). The fraction of sp³-hybridized carbons (Fsp3) is 1.00.